The minimum atomic E-state index is -3.51. The normalized spacial score (nSPS) is 18.6. The number of likely N-dealkylation sites (N-methyl/N-ethyl adjacent to an activating group) is 1. The maximum absolute atomic E-state index is 12.1. The number of sulfonamides is 1. The SMILES string of the molecule is CCC1CN(C)c2cc(S(=O)(=O)NCCN)ccc2O1. The highest BCUT2D eigenvalue weighted by Gasteiger charge is 2.24. The van der Waals surface area contributed by atoms with Crippen molar-refractivity contribution >= 4 is 15.7 Å². The van der Waals surface area contributed by atoms with Gasteiger partial charge in [-0.05, 0) is 24.6 Å². The Hall–Kier alpha value is -1.31. The van der Waals surface area contributed by atoms with E-state index >= 15 is 0 Å². The molecule has 1 heterocycles. The fraction of sp³-hybridized carbons (Fsp3) is 0.538. The Balaban J connectivity index is 2.31. The summed E-state index contributed by atoms with van der Waals surface area (Å²) in [6, 6.07) is 4.91. The number of hydrogen-bond donors (Lipinski definition) is 2. The molecule has 1 aromatic carbocycles. The lowest BCUT2D eigenvalue weighted by atomic mass is 10.2. The van der Waals surface area contributed by atoms with Crippen LogP contribution in [0.5, 0.6) is 5.75 Å². The number of rotatable bonds is 5. The second-order valence-electron chi connectivity index (χ2n) is 4.84. The van der Waals surface area contributed by atoms with Gasteiger partial charge in [0.1, 0.15) is 11.9 Å². The van der Waals surface area contributed by atoms with E-state index in [2.05, 4.69) is 11.6 Å². The van der Waals surface area contributed by atoms with Crippen molar-refractivity contribution in [2.45, 2.75) is 24.3 Å². The lowest BCUT2D eigenvalue weighted by Gasteiger charge is -2.33. The Morgan fingerprint density at radius 3 is 2.90 bits per heavy atom. The first kappa shape index (κ1) is 15.1. The maximum atomic E-state index is 12.1. The molecule has 1 aliphatic heterocycles. The molecule has 6 nitrogen and oxygen atoms in total. The summed E-state index contributed by atoms with van der Waals surface area (Å²) in [5, 5.41) is 0. The van der Waals surface area contributed by atoms with Crippen molar-refractivity contribution in [3.63, 3.8) is 0 Å². The summed E-state index contributed by atoms with van der Waals surface area (Å²) in [6.07, 6.45) is 1.06. The molecule has 1 aliphatic rings. The average molecular weight is 299 g/mol. The van der Waals surface area contributed by atoms with E-state index < -0.39 is 10.0 Å². The number of ether oxygens (including phenoxy) is 1. The number of benzene rings is 1. The Morgan fingerprint density at radius 2 is 2.25 bits per heavy atom. The molecule has 0 aliphatic carbocycles. The first-order valence-electron chi connectivity index (χ1n) is 6.69. The van der Waals surface area contributed by atoms with Gasteiger partial charge in [-0.25, -0.2) is 13.1 Å². The zero-order valence-electron chi connectivity index (χ0n) is 11.8. The van der Waals surface area contributed by atoms with Crippen LogP contribution in [0.15, 0.2) is 23.1 Å². The van der Waals surface area contributed by atoms with Crippen molar-refractivity contribution in [2.24, 2.45) is 5.73 Å². The number of nitrogens with two attached hydrogens (primary N) is 1. The second-order valence-corrected chi connectivity index (χ2v) is 6.61. The summed E-state index contributed by atoms with van der Waals surface area (Å²) in [5.74, 6) is 0.725. The molecule has 7 heteroatoms. The van der Waals surface area contributed by atoms with Crippen LogP contribution in [0, 0.1) is 0 Å². The average Bonchev–Trinajstić information content (AvgIpc) is 2.44. The van der Waals surface area contributed by atoms with E-state index in [-0.39, 0.29) is 24.1 Å². The monoisotopic (exact) mass is 299 g/mol. The highest BCUT2D eigenvalue weighted by molar-refractivity contribution is 7.89. The fourth-order valence-corrected chi connectivity index (χ4v) is 3.24. The molecule has 3 N–H and O–H groups in total. The van der Waals surface area contributed by atoms with Crippen LogP contribution in [0.1, 0.15) is 13.3 Å². The molecule has 0 saturated carbocycles. The summed E-state index contributed by atoms with van der Waals surface area (Å²) >= 11 is 0. The molecule has 0 saturated heterocycles. The molecule has 1 aromatic rings. The summed E-state index contributed by atoms with van der Waals surface area (Å²) < 4.78 is 32.4. The molecule has 20 heavy (non-hydrogen) atoms. The zero-order chi connectivity index (χ0) is 14.8. The largest absolute Gasteiger partial charge is 0.486 e. The van der Waals surface area contributed by atoms with Crippen LogP contribution < -0.4 is 20.1 Å². The molecule has 1 unspecified atom stereocenters. The molecule has 0 spiro atoms. The van der Waals surface area contributed by atoms with Crippen molar-refractivity contribution in [1.82, 2.24) is 4.72 Å². The van der Waals surface area contributed by atoms with Crippen molar-refractivity contribution in [3.8, 4) is 5.75 Å². The quantitative estimate of drug-likeness (QED) is 0.828. The predicted octanol–water partition coefficient (Wildman–Crippen LogP) is 0.531. The van der Waals surface area contributed by atoms with Gasteiger partial charge in [0.15, 0.2) is 0 Å². The predicted molar refractivity (Wildman–Crippen MR) is 78.7 cm³/mol. The van der Waals surface area contributed by atoms with Gasteiger partial charge in [0.25, 0.3) is 0 Å². The Kier molecular flexibility index (Phi) is 4.52. The number of nitrogens with one attached hydrogen (secondary N) is 1. The second kappa shape index (κ2) is 5.99. The van der Waals surface area contributed by atoms with E-state index in [4.69, 9.17) is 10.5 Å². The van der Waals surface area contributed by atoms with E-state index in [1.165, 1.54) is 0 Å². The lowest BCUT2D eigenvalue weighted by Crippen LogP contribution is -2.37. The van der Waals surface area contributed by atoms with Crippen molar-refractivity contribution in [1.29, 1.82) is 0 Å². The number of nitrogens with zero attached hydrogens (tertiary/aromatic N) is 1. The van der Waals surface area contributed by atoms with Crippen LogP contribution in [0.2, 0.25) is 0 Å². The molecule has 0 aromatic heterocycles. The maximum Gasteiger partial charge on any atom is 0.240 e. The molecule has 0 bridgehead atoms. The van der Waals surface area contributed by atoms with E-state index in [0.29, 0.717) is 0 Å². The standard InChI is InChI=1S/C13H21N3O3S/c1-3-10-9-16(2)12-8-11(4-5-13(12)19-10)20(17,18)15-7-6-14/h4-5,8,10,15H,3,6-7,9,14H2,1-2H3. The van der Waals surface area contributed by atoms with Crippen LogP contribution in [0.4, 0.5) is 5.69 Å². The zero-order valence-corrected chi connectivity index (χ0v) is 12.6. The van der Waals surface area contributed by atoms with Gasteiger partial charge < -0.3 is 15.4 Å². The Bertz CT molecular complexity index is 574. The number of anilines is 1. The van der Waals surface area contributed by atoms with Gasteiger partial charge in [0, 0.05) is 20.1 Å². The van der Waals surface area contributed by atoms with Crippen molar-refractivity contribution in [3.05, 3.63) is 18.2 Å². The van der Waals surface area contributed by atoms with Crippen LogP contribution in [0.25, 0.3) is 0 Å². The summed E-state index contributed by atoms with van der Waals surface area (Å²) in [4.78, 5) is 2.25. The molecular formula is C13H21N3O3S. The van der Waals surface area contributed by atoms with Crippen LogP contribution in [-0.4, -0.2) is 41.2 Å². The van der Waals surface area contributed by atoms with E-state index in [1.807, 2.05) is 11.9 Å². The number of hydrogen-bond acceptors (Lipinski definition) is 5. The van der Waals surface area contributed by atoms with Gasteiger partial charge in [-0.2, -0.15) is 0 Å². The molecule has 1 atom stereocenters. The first-order chi connectivity index (χ1) is 9.47. The highest BCUT2D eigenvalue weighted by Crippen LogP contribution is 2.34. The molecule has 0 fully saturated rings. The van der Waals surface area contributed by atoms with Crippen LogP contribution in [0.3, 0.4) is 0 Å². The highest BCUT2D eigenvalue weighted by atomic mass is 32.2. The van der Waals surface area contributed by atoms with E-state index in [9.17, 15) is 8.42 Å². The van der Waals surface area contributed by atoms with Crippen molar-refractivity contribution in [2.75, 3.05) is 31.6 Å². The van der Waals surface area contributed by atoms with Gasteiger partial charge in [0.2, 0.25) is 10.0 Å². The third-order valence-electron chi connectivity index (χ3n) is 3.31. The third-order valence-corrected chi connectivity index (χ3v) is 4.77. The van der Waals surface area contributed by atoms with Gasteiger partial charge in [0.05, 0.1) is 17.1 Å². The van der Waals surface area contributed by atoms with E-state index in [0.717, 1.165) is 24.4 Å². The molecule has 0 radical (unpaired) electrons. The van der Waals surface area contributed by atoms with Gasteiger partial charge >= 0.3 is 0 Å². The van der Waals surface area contributed by atoms with Gasteiger partial charge in [-0.3, -0.25) is 0 Å². The molecular weight excluding hydrogens is 278 g/mol. The first-order valence-corrected chi connectivity index (χ1v) is 8.18. The van der Waals surface area contributed by atoms with Crippen molar-refractivity contribution < 1.29 is 13.2 Å². The van der Waals surface area contributed by atoms with E-state index in [1.54, 1.807) is 18.2 Å². The topological polar surface area (TPSA) is 84.7 Å². The molecule has 0 amide bonds. The minimum Gasteiger partial charge on any atom is -0.486 e. The number of fused-ring (bicyclic) bond motifs is 1. The summed E-state index contributed by atoms with van der Waals surface area (Å²) in [7, 11) is -1.57. The molecule has 2 rings (SSSR count). The third kappa shape index (κ3) is 3.05. The lowest BCUT2D eigenvalue weighted by molar-refractivity contribution is 0.191. The smallest absolute Gasteiger partial charge is 0.240 e. The van der Waals surface area contributed by atoms with Gasteiger partial charge in [-0.1, -0.05) is 6.92 Å². The van der Waals surface area contributed by atoms with Crippen LogP contribution >= 0.6 is 0 Å². The fourth-order valence-electron chi connectivity index (χ4n) is 2.17. The Labute approximate surface area is 120 Å². The molecule has 112 valence electrons. The Morgan fingerprint density at radius 1 is 1.50 bits per heavy atom. The van der Waals surface area contributed by atoms with Gasteiger partial charge in [-0.15, -0.1) is 0 Å². The summed E-state index contributed by atoms with van der Waals surface area (Å²) in [5.41, 5.74) is 6.12. The summed E-state index contributed by atoms with van der Waals surface area (Å²) in [6.45, 7) is 3.32. The minimum absolute atomic E-state index is 0.144. The van der Waals surface area contributed by atoms with Crippen LogP contribution in [-0.2, 0) is 10.0 Å².